The smallest absolute Gasteiger partial charge is 0.401 e. The molecule has 0 aliphatic carbocycles. The Morgan fingerprint density at radius 3 is 2.54 bits per heavy atom. The lowest BCUT2D eigenvalue weighted by atomic mass is 10.1. The lowest BCUT2D eigenvalue weighted by molar-refractivity contribution is -0.147. The van der Waals surface area contributed by atoms with Crippen molar-refractivity contribution in [2.24, 2.45) is 5.92 Å². The summed E-state index contributed by atoms with van der Waals surface area (Å²) in [4.78, 5) is 11.5. The van der Waals surface area contributed by atoms with Crippen LogP contribution in [0.25, 0.3) is 0 Å². The predicted molar refractivity (Wildman–Crippen MR) is 38.2 cm³/mol. The summed E-state index contributed by atoms with van der Waals surface area (Å²) in [5.41, 5.74) is 0. The number of hydrogen-bond donors (Lipinski definition) is 1. The Bertz CT molecular complexity index is 204. The van der Waals surface area contributed by atoms with Crippen molar-refractivity contribution in [1.29, 1.82) is 0 Å². The first kappa shape index (κ1) is 10.3. The van der Waals surface area contributed by atoms with Crippen molar-refractivity contribution in [3.63, 3.8) is 0 Å². The van der Waals surface area contributed by atoms with Crippen LogP contribution in [0.2, 0.25) is 0 Å². The van der Waals surface area contributed by atoms with Gasteiger partial charge in [0.2, 0.25) is 0 Å². The van der Waals surface area contributed by atoms with Gasteiger partial charge in [-0.2, -0.15) is 13.2 Å². The van der Waals surface area contributed by atoms with E-state index in [-0.39, 0.29) is 13.1 Å². The summed E-state index contributed by atoms with van der Waals surface area (Å²) in [7, 11) is 0. The van der Waals surface area contributed by atoms with Crippen LogP contribution in [0.4, 0.5) is 13.2 Å². The van der Waals surface area contributed by atoms with Crippen molar-refractivity contribution >= 4 is 5.97 Å². The van der Waals surface area contributed by atoms with Crippen LogP contribution in [0.1, 0.15) is 6.42 Å². The Balaban J connectivity index is 2.38. The van der Waals surface area contributed by atoms with E-state index < -0.39 is 24.6 Å². The summed E-state index contributed by atoms with van der Waals surface area (Å²) in [6, 6.07) is 0. The molecule has 1 aliphatic heterocycles. The Hall–Kier alpha value is -0.780. The molecule has 0 aromatic rings. The van der Waals surface area contributed by atoms with Gasteiger partial charge in [-0.05, 0) is 13.0 Å². The van der Waals surface area contributed by atoms with Crippen molar-refractivity contribution in [3.8, 4) is 0 Å². The third-order valence-corrected chi connectivity index (χ3v) is 2.02. The van der Waals surface area contributed by atoms with Crippen LogP contribution in [-0.2, 0) is 4.79 Å². The molecule has 0 radical (unpaired) electrons. The molecule has 0 spiro atoms. The molecule has 1 rings (SSSR count). The molecule has 0 unspecified atom stereocenters. The van der Waals surface area contributed by atoms with Crippen molar-refractivity contribution in [2.45, 2.75) is 12.6 Å². The highest BCUT2D eigenvalue weighted by atomic mass is 19.4. The number of aliphatic carboxylic acids is 1. The number of carboxylic acids is 1. The van der Waals surface area contributed by atoms with Gasteiger partial charge in [-0.25, -0.2) is 0 Å². The van der Waals surface area contributed by atoms with Crippen LogP contribution in [0, 0.1) is 5.92 Å². The fourth-order valence-electron chi connectivity index (χ4n) is 1.43. The minimum atomic E-state index is -4.23. The highest BCUT2D eigenvalue weighted by Crippen LogP contribution is 2.22. The first-order chi connectivity index (χ1) is 5.88. The topological polar surface area (TPSA) is 40.5 Å². The van der Waals surface area contributed by atoms with Gasteiger partial charge < -0.3 is 5.11 Å². The highest BCUT2D eigenvalue weighted by Gasteiger charge is 2.36. The van der Waals surface area contributed by atoms with Crippen molar-refractivity contribution < 1.29 is 23.1 Å². The van der Waals surface area contributed by atoms with Crippen LogP contribution in [0.3, 0.4) is 0 Å². The van der Waals surface area contributed by atoms with Gasteiger partial charge in [0.15, 0.2) is 0 Å². The number of alkyl halides is 3. The van der Waals surface area contributed by atoms with Gasteiger partial charge in [-0.3, -0.25) is 9.69 Å². The third-order valence-electron chi connectivity index (χ3n) is 2.02. The molecule has 1 heterocycles. The van der Waals surface area contributed by atoms with E-state index in [0.717, 1.165) is 4.90 Å². The number of rotatable bonds is 2. The van der Waals surface area contributed by atoms with E-state index in [0.29, 0.717) is 6.42 Å². The molecule has 1 N–H and O–H groups in total. The normalized spacial score (nSPS) is 25.0. The third kappa shape index (κ3) is 3.22. The standard InChI is InChI=1S/C7H10F3NO2/c8-7(9,10)4-11-2-1-5(3-11)6(12)13/h5H,1-4H2,(H,12,13)/t5-/m0/s1. The Morgan fingerprint density at radius 1 is 1.54 bits per heavy atom. The Labute approximate surface area is 73.1 Å². The quantitative estimate of drug-likeness (QED) is 0.716. The Kier molecular flexibility index (Phi) is 2.80. The maximum Gasteiger partial charge on any atom is 0.401 e. The molecular formula is C7H10F3NO2. The van der Waals surface area contributed by atoms with Crippen LogP contribution in [0.5, 0.6) is 0 Å². The van der Waals surface area contributed by atoms with E-state index in [1.165, 1.54) is 0 Å². The monoisotopic (exact) mass is 197 g/mol. The van der Waals surface area contributed by atoms with E-state index in [2.05, 4.69) is 0 Å². The molecule has 3 nitrogen and oxygen atoms in total. The van der Waals surface area contributed by atoms with E-state index in [4.69, 9.17) is 5.11 Å². The second-order valence-electron chi connectivity index (χ2n) is 3.17. The van der Waals surface area contributed by atoms with E-state index >= 15 is 0 Å². The highest BCUT2D eigenvalue weighted by molar-refractivity contribution is 5.70. The van der Waals surface area contributed by atoms with Gasteiger partial charge >= 0.3 is 12.1 Å². The molecule has 0 aromatic carbocycles. The first-order valence-corrected chi connectivity index (χ1v) is 3.90. The summed E-state index contributed by atoms with van der Waals surface area (Å²) >= 11 is 0. The minimum Gasteiger partial charge on any atom is -0.481 e. The molecule has 0 saturated carbocycles. The Morgan fingerprint density at radius 2 is 2.15 bits per heavy atom. The molecule has 6 heteroatoms. The van der Waals surface area contributed by atoms with Crippen molar-refractivity contribution in [1.82, 2.24) is 4.90 Å². The van der Waals surface area contributed by atoms with Crippen LogP contribution in [-0.4, -0.2) is 41.8 Å². The maximum absolute atomic E-state index is 11.8. The number of carboxylic acid groups (broad SMARTS) is 1. The summed E-state index contributed by atoms with van der Waals surface area (Å²) in [6.07, 6.45) is -3.92. The molecule has 1 fully saturated rings. The maximum atomic E-state index is 11.8. The van der Waals surface area contributed by atoms with Gasteiger partial charge in [-0.15, -0.1) is 0 Å². The summed E-state index contributed by atoms with van der Waals surface area (Å²) in [6.45, 7) is -0.776. The second-order valence-corrected chi connectivity index (χ2v) is 3.17. The van der Waals surface area contributed by atoms with E-state index in [9.17, 15) is 18.0 Å². The van der Waals surface area contributed by atoms with Crippen LogP contribution < -0.4 is 0 Å². The molecule has 1 atom stereocenters. The summed E-state index contributed by atoms with van der Waals surface area (Å²) in [5, 5.41) is 8.52. The number of likely N-dealkylation sites (tertiary alicyclic amines) is 1. The molecular weight excluding hydrogens is 187 g/mol. The number of halogens is 3. The second kappa shape index (κ2) is 3.53. The molecule has 0 bridgehead atoms. The average molecular weight is 197 g/mol. The number of hydrogen-bond acceptors (Lipinski definition) is 2. The van der Waals surface area contributed by atoms with Gasteiger partial charge in [0, 0.05) is 6.54 Å². The average Bonchev–Trinajstić information content (AvgIpc) is 2.31. The SMILES string of the molecule is O=C(O)[C@H]1CCN(CC(F)(F)F)C1. The van der Waals surface area contributed by atoms with E-state index in [1.54, 1.807) is 0 Å². The lowest BCUT2D eigenvalue weighted by Gasteiger charge is -2.16. The van der Waals surface area contributed by atoms with Crippen LogP contribution in [0.15, 0.2) is 0 Å². The molecule has 0 amide bonds. The predicted octanol–water partition coefficient (Wildman–Crippen LogP) is 0.955. The summed E-state index contributed by atoms with van der Waals surface area (Å²) in [5.74, 6) is -1.65. The number of nitrogens with zero attached hydrogens (tertiary/aromatic N) is 1. The van der Waals surface area contributed by atoms with Gasteiger partial charge in [0.05, 0.1) is 12.5 Å². The fourth-order valence-corrected chi connectivity index (χ4v) is 1.43. The molecule has 1 aliphatic rings. The van der Waals surface area contributed by atoms with Gasteiger partial charge in [0.1, 0.15) is 0 Å². The summed E-state index contributed by atoms with van der Waals surface area (Å²) < 4.78 is 35.5. The van der Waals surface area contributed by atoms with Crippen molar-refractivity contribution in [3.05, 3.63) is 0 Å². The fraction of sp³-hybridized carbons (Fsp3) is 0.857. The van der Waals surface area contributed by atoms with Crippen LogP contribution >= 0.6 is 0 Å². The molecule has 13 heavy (non-hydrogen) atoms. The zero-order chi connectivity index (χ0) is 10.1. The minimum absolute atomic E-state index is 0.00877. The zero-order valence-corrected chi connectivity index (χ0v) is 6.84. The lowest BCUT2D eigenvalue weighted by Crippen LogP contribution is -2.33. The molecule has 76 valence electrons. The van der Waals surface area contributed by atoms with Gasteiger partial charge in [0.25, 0.3) is 0 Å². The van der Waals surface area contributed by atoms with E-state index in [1.807, 2.05) is 0 Å². The van der Waals surface area contributed by atoms with Gasteiger partial charge in [-0.1, -0.05) is 0 Å². The zero-order valence-electron chi connectivity index (χ0n) is 6.84. The molecule has 1 saturated heterocycles. The van der Waals surface area contributed by atoms with Crippen molar-refractivity contribution in [2.75, 3.05) is 19.6 Å². The number of carbonyl (C=O) groups is 1. The largest absolute Gasteiger partial charge is 0.481 e. The first-order valence-electron chi connectivity index (χ1n) is 3.90. The molecule has 0 aromatic heterocycles.